The van der Waals surface area contributed by atoms with Crippen molar-refractivity contribution in [3.05, 3.63) is 24.2 Å². The van der Waals surface area contributed by atoms with Crippen LogP contribution in [-0.2, 0) is 4.74 Å². The van der Waals surface area contributed by atoms with Crippen molar-refractivity contribution < 1.29 is 9.15 Å². The number of furan rings is 1. The fourth-order valence-corrected chi connectivity index (χ4v) is 1.41. The summed E-state index contributed by atoms with van der Waals surface area (Å²) in [6.07, 6.45) is 2.83. The molecule has 0 saturated carbocycles. The van der Waals surface area contributed by atoms with Gasteiger partial charge in [0.2, 0.25) is 0 Å². The van der Waals surface area contributed by atoms with Crippen molar-refractivity contribution >= 4 is 0 Å². The Balaban J connectivity index is 1.99. The summed E-state index contributed by atoms with van der Waals surface area (Å²) in [5.74, 6) is 1.69. The van der Waals surface area contributed by atoms with Gasteiger partial charge in [-0.3, -0.25) is 0 Å². The van der Waals surface area contributed by atoms with Crippen LogP contribution in [-0.4, -0.2) is 19.8 Å². The summed E-state index contributed by atoms with van der Waals surface area (Å²) in [7, 11) is 0. The van der Waals surface area contributed by atoms with Crippen molar-refractivity contribution in [1.82, 2.24) is 5.32 Å². The highest BCUT2D eigenvalue weighted by Gasteiger charge is 2.06. The van der Waals surface area contributed by atoms with Crippen LogP contribution in [0.5, 0.6) is 0 Å². The molecule has 1 aromatic heterocycles. The fraction of sp³-hybridized carbons (Fsp3) is 0.692. The van der Waals surface area contributed by atoms with E-state index in [0.717, 1.165) is 37.9 Å². The number of hydrogen-bond donors (Lipinski definition) is 1. The van der Waals surface area contributed by atoms with Crippen LogP contribution in [0.3, 0.4) is 0 Å². The zero-order chi connectivity index (χ0) is 11.8. The summed E-state index contributed by atoms with van der Waals surface area (Å²) >= 11 is 0. The molecule has 0 aliphatic heterocycles. The van der Waals surface area contributed by atoms with E-state index in [0.29, 0.717) is 0 Å². The van der Waals surface area contributed by atoms with Crippen LogP contribution in [0.2, 0.25) is 0 Å². The van der Waals surface area contributed by atoms with E-state index in [1.165, 1.54) is 0 Å². The van der Waals surface area contributed by atoms with Gasteiger partial charge in [0.05, 0.1) is 18.9 Å². The maximum absolute atomic E-state index is 5.52. The highest BCUT2D eigenvalue weighted by Crippen LogP contribution is 2.11. The molecule has 0 aromatic carbocycles. The van der Waals surface area contributed by atoms with Gasteiger partial charge in [-0.15, -0.1) is 0 Å². The highest BCUT2D eigenvalue weighted by molar-refractivity contribution is 5.02. The molecule has 1 heterocycles. The molecule has 16 heavy (non-hydrogen) atoms. The van der Waals surface area contributed by atoms with Crippen LogP contribution in [0.1, 0.15) is 39.0 Å². The highest BCUT2D eigenvalue weighted by atomic mass is 16.5. The van der Waals surface area contributed by atoms with Crippen molar-refractivity contribution in [3.8, 4) is 0 Å². The smallest absolute Gasteiger partial charge is 0.120 e. The molecule has 1 aromatic rings. The second-order valence-electron chi connectivity index (χ2n) is 4.49. The molecular weight excluding hydrogens is 202 g/mol. The van der Waals surface area contributed by atoms with Gasteiger partial charge in [-0.2, -0.15) is 0 Å². The second-order valence-corrected chi connectivity index (χ2v) is 4.49. The third-order valence-electron chi connectivity index (χ3n) is 2.51. The number of nitrogens with one attached hydrogen (secondary N) is 1. The van der Waals surface area contributed by atoms with Crippen molar-refractivity contribution in [2.24, 2.45) is 5.92 Å². The number of hydrogen-bond acceptors (Lipinski definition) is 3. The van der Waals surface area contributed by atoms with Crippen molar-refractivity contribution in [2.75, 3.05) is 19.8 Å². The normalized spacial score (nSPS) is 13.2. The van der Waals surface area contributed by atoms with E-state index >= 15 is 0 Å². The minimum atomic E-state index is 0.253. The molecule has 0 spiro atoms. The largest absolute Gasteiger partial charge is 0.468 e. The number of ether oxygens (including phenoxy) is 1. The minimum Gasteiger partial charge on any atom is -0.468 e. The molecule has 0 aliphatic carbocycles. The molecule has 0 fully saturated rings. The maximum atomic E-state index is 5.52. The predicted octanol–water partition coefficient (Wildman–Crippen LogP) is 2.99. The first-order valence-electron chi connectivity index (χ1n) is 6.04. The minimum absolute atomic E-state index is 0.253. The molecule has 0 aliphatic rings. The van der Waals surface area contributed by atoms with Crippen LogP contribution in [0, 0.1) is 5.92 Å². The Kier molecular flexibility index (Phi) is 6.19. The molecule has 92 valence electrons. The Morgan fingerprint density at radius 2 is 2.12 bits per heavy atom. The monoisotopic (exact) mass is 225 g/mol. The first-order chi connectivity index (χ1) is 7.70. The third-order valence-corrected chi connectivity index (χ3v) is 2.51. The van der Waals surface area contributed by atoms with E-state index in [1.54, 1.807) is 6.26 Å². The van der Waals surface area contributed by atoms with E-state index in [4.69, 9.17) is 9.15 Å². The molecule has 1 N–H and O–H groups in total. The summed E-state index contributed by atoms with van der Waals surface area (Å²) in [6.45, 7) is 8.99. The Labute approximate surface area is 98.2 Å². The van der Waals surface area contributed by atoms with Gasteiger partial charge in [0.1, 0.15) is 5.76 Å². The van der Waals surface area contributed by atoms with Crippen molar-refractivity contribution in [1.29, 1.82) is 0 Å². The molecule has 3 heteroatoms. The third kappa shape index (κ3) is 5.33. The summed E-state index contributed by atoms with van der Waals surface area (Å²) < 4.78 is 10.8. The molecule has 3 nitrogen and oxygen atoms in total. The lowest BCUT2D eigenvalue weighted by Gasteiger charge is -2.11. The van der Waals surface area contributed by atoms with E-state index in [9.17, 15) is 0 Å². The van der Waals surface area contributed by atoms with E-state index in [-0.39, 0.29) is 6.04 Å². The van der Waals surface area contributed by atoms with Crippen LogP contribution >= 0.6 is 0 Å². The van der Waals surface area contributed by atoms with E-state index in [1.807, 2.05) is 12.1 Å². The lowest BCUT2D eigenvalue weighted by atomic mass is 10.1. The zero-order valence-electron chi connectivity index (χ0n) is 10.5. The average molecular weight is 225 g/mol. The van der Waals surface area contributed by atoms with Gasteiger partial charge in [-0.1, -0.05) is 13.8 Å². The van der Waals surface area contributed by atoms with Gasteiger partial charge in [0, 0.05) is 13.2 Å². The quantitative estimate of drug-likeness (QED) is 0.691. The Morgan fingerprint density at radius 1 is 1.31 bits per heavy atom. The second kappa shape index (κ2) is 7.47. The molecule has 0 saturated heterocycles. The summed E-state index contributed by atoms with van der Waals surface area (Å²) in [6, 6.07) is 4.15. The van der Waals surface area contributed by atoms with Gasteiger partial charge in [-0.05, 0) is 31.4 Å². The van der Waals surface area contributed by atoms with Gasteiger partial charge in [-0.25, -0.2) is 0 Å². The molecule has 0 amide bonds. The van der Waals surface area contributed by atoms with Crippen LogP contribution < -0.4 is 5.32 Å². The molecule has 1 atom stereocenters. The lowest BCUT2D eigenvalue weighted by molar-refractivity contribution is 0.123. The molecule has 0 bridgehead atoms. The van der Waals surface area contributed by atoms with Crippen LogP contribution in [0.15, 0.2) is 22.8 Å². The standard InChI is InChI=1S/C13H23NO2/c1-11(2)6-9-15-10-7-14-12(3)13-5-4-8-16-13/h4-5,8,11-12,14H,6-7,9-10H2,1-3H3/t12-/m1/s1. The van der Waals surface area contributed by atoms with Crippen molar-refractivity contribution in [2.45, 2.75) is 33.2 Å². The van der Waals surface area contributed by atoms with Gasteiger partial charge < -0.3 is 14.5 Å². The first kappa shape index (κ1) is 13.3. The maximum Gasteiger partial charge on any atom is 0.120 e. The van der Waals surface area contributed by atoms with Crippen LogP contribution in [0.4, 0.5) is 0 Å². The Hall–Kier alpha value is -0.800. The Bertz CT molecular complexity index is 257. The fourth-order valence-electron chi connectivity index (χ4n) is 1.41. The average Bonchev–Trinajstić information content (AvgIpc) is 2.75. The first-order valence-corrected chi connectivity index (χ1v) is 6.04. The van der Waals surface area contributed by atoms with Gasteiger partial charge in [0.15, 0.2) is 0 Å². The van der Waals surface area contributed by atoms with E-state index < -0.39 is 0 Å². The zero-order valence-corrected chi connectivity index (χ0v) is 10.5. The predicted molar refractivity (Wildman–Crippen MR) is 65.4 cm³/mol. The number of rotatable bonds is 8. The van der Waals surface area contributed by atoms with Crippen LogP contribution in [0.25, 0.3) is 0 Å². The van der Waals surface area contributed by atoms with Gasteiger partial charge >= 0.3 is 0 Å². The Morgan fingerprint density at radius 3 is 2.75 bits per heavy atom. The van der Waals surface area contributed by atoms with Gasteiger partial charge in [0.25, 0.3) is 0 Å². The summed E-state index contributed by atoms with van der Waals surface area (Å²) in [5.41, 5.74) is 0. The molecule has 1 rings (SSSR count). The molecule has 0 radical (unpaired) electrons. The van der Waals surface area contributed by atoms with E-state index in [2.05, 4.69) is 26.1 Å². The van der Waals surface area contributed by atoms with Crippen molar-refractivity contribution in [3.63, 3.8) is 0 Å². The lowest BCUT2D eigenvalue weighted by Crippen LogP contribution is -2.23. The SMILES string of the molecule is CC(C)CCOCCN[C@H](C)c1ccco1. The summed E-state index contributed by atoms with van der Waals surface area (Å²) in [4.78, 5) is 0. The summed E-state index contributed by atoms with van der Waals surface area (Å²) in [5, 5.41) is 3.35. The molecule has 0 unspecified atom stereocenters. The topological polar surface area (TPSA) is 34.4 Å². The molecular formula is C13H23NO2.